The van der Waals surface area contributed by atoms with Crippen LogP contribution in [0.4, 0.5) is 0 Å². The van der Waals surface area contributed by atoms with Gasteiger partial charge in [-0.1, -0.05) is 13.8 Å². The summed E-state index contributed by atoms with van der Waals surface area (Å²) in [4.78, 5) is 13.6. The predicted molar refractivity (Wildman–Crippen MR) is 77.6 cm³/mol. The van der Waals surface area contributed by atoms with Crippen molar-refractivity contribution in [3.05, 3.63) is 17.5 Å². The lowest BCUT2D eigenvalue weighted by atomic mass is 9.89. The molecule has 1 atom stereocenters. The number of hydrogen-bond acceptors (Lipinski definition) is 3. The van der Waals surface area contributed by atoms with Gasteiger partial charge in [0.15, 0.2) is 0 Å². The van der Waals surface area contributed by atoms with Gasteiger partial charge in [-0.3, -0.25) is 9.58 Å². The second-order valence-electron chi connectivity index (χ2n) is 6.14. The number of carbonyl (C=O) groups is 1. The zero-order valence-electron chi connectivity index (χ0n) is 12.7. The Hall–Kier alpha value is -1.36. The Morgan fingerprint density at radius 1 is 1.45 bits per heavy atom. The lowest BCUT2D eigenvalue weighted by Crippen LogP contribution is -2.26. The molecule has 1 aliphatic rings. The number of rotatable bonds is 4. The minimum absolute atomic E-state index is 0.331. The van der Waals surface area contributed by atoms with Gasteiger partial charge in [0.2, 0.25) is 0 Å². The zero-order chi connectivity index (χ0) is 14.7. The Labute approximate surface area is 120 Å². The van der Waals surface area contributed by atoms with Crippen LogP contribution in [0, 0.1) is 11.8 Å². The van der Waals surface area contributed by atoms with Crippen molar-refractivity contribution in [3.63, 3.8) is 0 Å². The van der Waals surface area contributed by atoms with Crippen LogP contribution in [-0.4, -0.2) is 38.8 Å². The first kappa shape index (κ1) is 15.0. The summed E-state index contributed by atoms with van der Waals surface area (Å²) in [5, 5.41) is 13.3. The Morgan fingerprint density at radius 3 is 2.85 bits per heavy atom. The number of hydrogen-bond donors (Lipinski definition) is 1. The molecule has 20 heavy (non-hydrogen) atoms. The average molecular weight is 279 g/mol. The quantitative estimate of drug-likeness (QED) is 0.919. The maximum atomic E-state index is 11.2. The molecular formula is C15H25N3O2. The highest BCUT2D eigenvalue weighted by molar-refractivity contribution is 5.88. The van der Waals surface area contributed by atoms with Crippen LogP contribution in [0.2, 0.25) is 0 Å². The number of aromatic nitrogens is 2. The lowest BCUT2D eigenvalue weighted by molar-refractivity contribution is 0.0694. The number of likely N-dealkylation sites (tertiary alicyclic amines) is 1. The van der Waals surface area contributed by atoms with E-state index in [2.05, 4.69) is 23.8 Å². The van der Waals surface area contributed by atoms with E-state index in [-0.39, 0.29) is 0 Å². The molecule has 112 valence electrons. The molecule has 0 bridgehead atoms. The summed E-state index contributed by atoms with van der Waals surface area (Å²) in [5.41, 5.74) is 1.14. The molecule has 2 heterocycles. The molecule has 2 rings (SSSR count). The van der Waals surface area contributed by atoms with E-state index in [1.807, 2.05) is 7.05 Å². The van der Waals surface area contributed by atoms with E-state index in [1.54, 1.807) is 4.68 Å². The van der Waals surface area contributed by atoms with Crippen LogP contribution in [0.25, 0.3) is 0 Å². The van der Waals surface area contributed by atoms with Gasteiger partial charge in [-0.25, -0.2) is 4.79 Å². The summed E-state index contributed by atoms with van der Waals surface area (Å²) in [6.07, 6.45) is 5.14. The van der Waals surface area contributed by atoms with E-state index < -0.39 is 5.97 Å². The van der Waals surface area contributed by atoms with E-state index in [9.17, 15) is 9.90 Å². The van der Waals surface area contributed by atoms with Crippen LogP contribution < -0.4 is 0 Å². The summed E-state index contributed by atoms with van der Waals surface area (Å²) >= 11 is 0. The third kappa shape index (κ3) is 3.39. The minimum atomic E-state index is -0.886. The number of carboxylic acid groups (broad SMARTS) is 1. The summed E-state index contributed by atoms with van der Waals surface area (Å²) < 4.78 is 1.69. The van der Waals surface area contributed by atoms with Gasteiger partial charge in [0.1, 0.15) is 5.56 Å². The van der Waals surface area contributed by atoms with Gasteiger partial charge in [-0.05, 0) is 44.2 Å². The largest absolute Gasteiger partial charge is 0.478 e. The third-order valence-electron chi connectivity index (χ3n) is 4.47. The molecule has 1 saturated heterocycles. The first-order valence-corrected chi connectivity index (χ1v) is 7.45. The molecule has 0 aliphatic carbocycles. The van der Waals surface area contributed by atoms with Gasteiger partial charge >= 0.3 is 5.97 Å². The summed E-state index contributed by atoms with van der Waals surface area (Å²) in [6.45, 7) is 7.37. The Bertz CT molecular complexity index is 468. The second kappa shape index (κ2) is 6.39. The van der Waals surface area contributed by atoms with E-state index in [0.29, 0.717) is 12.1 Å². The Morgan fingerprint density at radius 2 is 2.20 bits per heavy atom. The first-order chi connectivity index (χ1) is 9.49. The summed E-state index contributed by atoms with van der Waals surface area (Å²) in [7, 11) is 1.82. The van der Waals surface area contributed by atoms with Crippen molar-refractivity contribution in [1.82, 2.24) is 14.7 Å². The third-order valence-corrected chi connectivity index (χ3v) is 4.47. The molecule has 0 spiro atoms. The first-order valence-electron chi connectivity index (χ1n) is 7.45. The molecule has 1 unspecified atom stereocenters. The fraction of sp³-hybridized carbons (Fsp3) is 0.733. The summed E-state index contributed by atoms with van der Waals surface area (Å²) in [6, 6.07) is 0. The highest BCUT2D eigenvalue weighted by Crippen LogP contribution is 2.25. The number of carboxylic acids is 1. The van der Waals surface area contributed by atoms with Gasteiger partial charge in [0.25, 0.3) is 0 Å². The van der Waals surface area contributed by atoms with Crippen molar-refractivity contribution >= 4 is 5.97 Å². The maximum Gasteiger partial charge on any atom is 0.339 e. The molecular weight excluding hydrogens is 254 g/mol. The van der Waals surface area contributed by atoms with Crippen molar-refractivity contribution in [2.24, 2.45) is 18.9 Å². The van der Waals surface area contributed by atoms with Crippen molar-refractivity contribution in [3.8, 4) is 0 Å². The molecule has 5 heteroatoms. The molecule has 0 radical (unpaired) electrons. The van der Waals surface area contributed by atoms with Crippen molar-refractivity contribution in [2.75, 3.05) is 13.1 Å². The average Bonchev–Trinajstić information content (AvgIpc) is 2.61. The summed E-state index contributed by atoms with van der Waals surface area (Å²) in [5.74, 6) is 0.648. The van der Waals surface area contributed by atoms with E-state index in [4.69, 9.17) is 0 Å². The molecule has 0 amide bonds. The monoisotopic (exact) mass is 279 g/mol. The van der Waals surface area contributed by atoms with Gasteiger partial charge in [0, 0.05) is 13.6 Å². The molecule has 5 nitrogen and oxygen atoms in total. The van der Waals surface area contributed by atoms with Crippen molar-refractivity contribution < 1.29 is 9.90 Å². The molecule has 0 saturated carbocycles. The van der Waals surface area contributed by atoms with Crippen LogP contribution in [0.1, 0.15) is 49.2 Å². The zero-order valence-corrected chi connectivity index (χ0v) is 12.7. The maximum absolute atomic E-state index is 11.2. The van der Waals surface area contributed by atoms with Crippen LogP contribution >= 0.6 is 0 Å². The highest BCUT2D eigenvalue weighted by Gasteiger charge is 2.22. The number of aryl methyl sites for hydroxylation is 1. The van der Waals surface area contributed by atoms with Crippen molar-refractivity contribution in [1.29, 1.82) is 0 Å². The fourth-order valence-corrected chi connectivity index (χ4v) is 3.05. The molecule has 1 aromatic heterocycles. The van der Waals surface area contributed by atoms with E-state index >= 15 is 0 Å². The second-order valence-corrected chi connectivity index (χ2v) is 6.14. The number of aromatic carboxylic acids is 1. The normalized spacial score (nSPS) is 21.1. The topological polar surface area (TPSA) is 58.4 Å². The predicted octanol–water partition coefficient (Wildman–Crippen LogP) is 2.38. The molecule has 1 aliphatic heterocycles. The van der Waals surface area contributed by atoms with Crippen LogP contribution in [0.5, 0.6) is 0 Å². The molecule has 0 aromatic carbocycles. The standard InChI is InChI=1S/C15H25N3O2/c1-11(2)12-5-4-7-18(8-6-12)10-14-13(15(19)20)9-16-17(14)3/h9,11-12H,4-8,10H2,1-3H3,(H,19,20). The smallest absolute Gasteiger partial charge is 0.339 e. The van der Waals surface area contributed by atoms with Crippen LogP contribution in [0.15, 0.2) is 6.20 Å². The van der Waals surface area contributed by atoms with Crippen LogP contribution in [-0.2, 0) is 13.6 Å². The van der Waals surface area contributed by atoms with Gasteiger partial charge in [-0.15, -0.1) is 0 Å². The van der Waals surface area contributed by atoms with Gasteiger partial charge in [-0.2, -0.15) is 5.10 Å². The van der Waals surface area contributed by atoms with Gasteiger partial charge < -0.3 is 5.11 Å². The highest BCUT2D eigenvalue weighted by atomic mass is 16.4. The molecule has 1 aromatic rings. The fourth-order valence-electron chi connectivity index (χ4n) is 3.05. The molecule has 1 N–H and O–H groups in total. The van der Waals surface area contributed by atoms with E-state index in [0.717, 1.165) is 30.6 Å². The lowest BCUT2D eigenvalue weighted by Gasteiger charge is -2.21. The Kier molecular flexibility index (Phi) is 4.81. The Balaban J connectivity index is 2.03. The van der Waals surface area contributed by atoms with Gasteiger partial charge in [0.05, 0.1) is 11.9 Å². The number of nitrogens with zero attached hydrogens (tertiary/aromatic N) is 3. The molecule has 1 fully saturated rings. The minimum Gasteiger partial charge on any atom is -0.478 e. The van der Waals surface area contributed by atoms with Crippen molar-refractivity contribution in [2.45, 2.75) is 39.7 Å². The van der Waals surface area contributed by atoms with E-state index in [1.165, 1.54) is 25.5 Å². The van der Waals surface area contributed by atoms with Crippen LogP contribution in [0.3, 0.4) is 0 Å². The SMILES string of the molecule is CC(C)C1CCCN(Cc2c(C(=O)O)cnn2C)CC1.